The average Bonchev–Trinajstić information content (AvgIpc) is 2.24. The largest absolute Gasteiger partial charge is 0.510 e. The van der Waals surface area contributed by atoms with Gasteiger partial charge in [0.25, 0.3) is 0 Å². The van der Waals surface area contributed by atoms with Crippen molar-refractivity contribution in [2.24, 2.45) is 0 Å². The van der Waals surface area contributed by atoms with Crippen LogP contribution in [0.3, 0.4) is 0 Å². The Balaban J connectivity index is 4.37. The molecule has 0 heterocycles. The van der Waals surface area contributed by atoms with Crippen molar-refractivity contribution in [3.05, 3.63) is 59.4 Å². The molecule has 0 aromatic carbocycles. The molecule has 0 rings (SSSR count). The molecule has 0 aromatic heterocycles. The second kappa shape index (κ2) is 8.74. The van der Waals surface area contributed by atoms with E-state index in [9.17, 15) is 0 Å². The van der Waals surface area contributed by atoms with Crippen molar-refractivity contribution in [1.29, 1.82) is 0 Å². The maximum atomic E-state index is 9.07. The Labute approximate surface area is 97.6 Å². The summed E-state index contributed by atoms with van der Waals surface area (Å²) in [5, 5.41) is 17.7. The highest BCUT2D eigenvalue weighted by Crippen LogP contribution is 2.00. The molecule has 0 saturated carbocycles. The second-order valence-corrected chi connectivity index (χ2v) is 3.50. The lowest BCUT2D eigenvalue weighted by Crippen LogP contribution is -1.87. The summed E-state index contributed by atoms with van der Waals surface area (Å²) in [5.74, 6) is -0.0252. The Morgan fingerprint density at radius 1 is 1.06 bits per heavy atom. The van der Waals surface area contributed by atoms with Crippen LogP contribution in [0.25, 0.3) is 0 Å². The van der Waals surface area contributed by atoms with Gasteiger partial charge in [0.15, 0.2) is 0 Å². The molecular formula is C14H20O2. The topological polar surface area (TPSA) is 40.5 Å². The minimum atomic E-state index is -0.324. The monoisotopic (exact) mass is 220 g/mol. The van der Waals surface area contributed by atoms with Gasteiger partial charge < -0.3 is 10.2 Å². The van der Waals surface area contributed by atoms with Crippen molar-refractivity contribution in [3.63, 3.8) is 0 Å². The lowest BCUT2D eigenvalue weighted by molar-refractivity contribution is 0.253. The van der Waals surface area contributed by atoms with Crippen molar-refractivity contribution in [3.8, 4) is 0 Å². The standard InChI is InChI=1S/C14H20O2/c1-4-7-12(2)8-5-6-9-13(3)10-14(16)11-15/h4-10,15-16H,11H2,1-3H3. The molecule has 0 saturated heterocycles. The van der Waals surface area contributed by atoms with E-state index in [1.807, 2.05) is 57.2 Å². The first-order chi connectivity index (χ1) is 7.60. The van der Waals surface area contributed by atoms with Gasteiger partial charge in [-0.25, -0.2) is 0 Å². The molecule has 2 nitrogen and oxygen atoms in total. The van der Waals surface area contributed by atoms with E-state index < -0.39 is 0 Å². The van der Waals surface area contributed by atoms with Crippen molar-refractivity contribution in [1.82, 2.24) is 0 Å². The molecule has 2 heteroatoms. The number of hydrogen-bond acceptors (Lipinski definition) is 2. The molecule has 0 bridgehead atoms. The normalized spacial score (nSPS) is 15.4. The zero-order valence-electron chi connectivity index (χ0n) is 10.1. The van der Waals surface area contributed by atoms with Crippen LogP contribution < -0.4 is 0 Å². The van der Waals surface area contributed by atoms with E-state index in [0.29, 0.717) is 0 Å². The van der Waals surface area contributed by atoms with Crippen LogP contribution >= 0.6 is 0 Å². The fourth-order valence-electron chi connectivity index (χ4n) is 1.09. The minimum Gasteiger partial charge on any atom is -0.510 e. The lowest BCUT2D eigenvalue weighted by atomic mass is 10.2. The van der Waals surface area contributed by atoms with Crippen LogP contribution in [0.5, 0.6) is 0 Å². The predicted molar refractivity (Wildman–Crippen MR) is 69.3 cm³/mol. The molecule has 2 N–H and O–H groups in total. The fourth-order valence-corrected chi connectivity index (χ4v) is 1.09. The summed E-state index contributed by atoms with van der Waals surface area (Å²) >= 11 is 0. The van der Waals surface area contributed by atoms with E-state index in [2.05, 4.69) is 0 Å². The van der Waals surface area contributed by atoms with E-state index in [1.165, 1.54) is 11.6 Å². The minimum absolute atomic E-state index is 0.0252. The van der Waals surface area contributed by atoms with Crippen molar-refractivity contribution in [2.75, 3.05) is 6.61 Å². The van der Waals surface area contributed by atoms with Gasteiger partial charge in [0.1, 0.15) is 12.4 Å². The number of hydrogen-bond donors (Lipinski definition) is 2. The quantitative estimate of drug-likeness (QED) is 0.550. The molecule has 0 unspecified atom stereocenters. The van der Waals surface area contributed by atoms with Gasteiger partial charge >= 0.3 is 0 Å². The van der Waals surface area contributed by atoms with Crippen molar-refractivity contribution < 1.29 is 10.2 Å². The molecular weight excluding hydrogens is 200 g/mol. The van der Waals surface area contributed by atoms with Crippen LogP contribution in [0.15, 0.2) is 59.4 Å². The molecule has 0 amide bonds. The van der Waals surface area contributed by atoms with Crippen LogP contribution in [0, 0.1) is 0 Å². The number of allylic oxidation sites excluding steroid dienone is 9. The molecule has 0 fully saturated rings. The van der Waals surface area contributed by atoms with E-state index >= 15 is 0 Å². The highest BCUT2D eigenvalue weighted by Gasteiger charge is 1.87. The maximum absolute atomic E-state index is 9.07. The first-order valence-corrected chi connectivity index (χ1v) is 5.25. The van der Waals surface area contributed by atoms with Crippen LogP contribution in [0.2, 0.25) is 0 Å². The van der Waals surface area contributed by atoms with Gasteiger partial charge in [-0.2, -0.15) is 0 Å². The van der Waals surface area contributed by atoms with Gasteiger partial charge in [0.05, 0.1) is 0 Å². The summed E-state index contributed by atoms with van der Waals surface area (Å²) < 4.78 is 0. The van der Waals surface area contributed by atoms with Crippen molar-refractivity contribution in [2.45, 2.75) is 20.8 Å². The van der Waals surface area contributed by atoms with Gasteiger partial charge in [-0.15, -0.1) is 0 Å². The van der Waals surface area contributed by atoms with E-state index in [-0.39, 0.29) is 12.4 Å². The SMILES string of the molecule is CC=CC(C)=CC=CC=C(C)C=C(O)CO. The zero-order valence-corrected chi connectivity index (χ0v) is 10.1. The van der Waals surface area contributed by atoms with Crippen LogP contribution in [-0.2, 0) is 0 Å². The molecule has 0 aliphatic heterocycles. The van der Waals surface area contributed by atoms with Crippen LogP contribution in [-0.4, -0.2) is 16.8 Å². The summed E-state index contributed by atoms with van der Waals surface area (Å²) in [6.07, 6.45) is 13.2. The van der Waals surface area contributed by atoms with Gasteiger partial charge in [-0.05, 0) is 32.4 Å². The molecule has 0 aliphatic rings. The molecule has 0 spiro atoms. The summed E-state index contributed by atoms with van der Waals surface area (Å²) in [7, 11) is 0. The first kappa shape index (κ1) is 14.5. The number of aliphatic hydroxyl groups is 2. The molecule has 0 aliphatic carbocycles. The van der Waals surface area contributed by atoms with Crippen LogP contribution in [0.4, 0.5) is 0 Å². The van der Waals surface area contributed by atoms with E-state index in [4.69, 9.17) is 10.2 Å². The summed E-state index contributed by atoms with van der Waals surface area (Å²) in [5.41, 5.74) is 2.07. The summed E-state index contributed by atoms with van der Waals surface area (Å²) in [6.45, 7) is 5.54. The lowest BCUT2D eigenvalue weighted by Gasteiger charge is -1.93. The zero-order chi connectivity index (χ0) is 12.4. The van der Waals surface area contributed by atoms with Gasteiger partial charge in [0.2, 0.25) is 0 Å². The van der Waals surface area contributed by atoms with Crippen LogP contribution in [0.1, 0.15) is 20.8 Å². The third-order valence-corrected chi connectivity index (χ3v) is 1.82. The predicted octanol–water partition coefficient (Wildman–Crippen LogP) is 3.45. The number of aliphatic hydroxyl groups excluding tert-OH is 2. The summed E-state index contributed by atoms with van der Waals surface area (Å²) in [4.78, 5) is 0. The van der Waals surface area contributed by atoms with E-state index in [1.54, 1.807) is 0 Å². The van der Waals surface area contributed by atoms with Gasteiger partial charge in [0, 0.05) is 0 Å². The molecule has 88 valence electrons. The maximum Gasteiger partial charge on any atom is 0.118 e. The fraction of sp³-hybridized carbons (Fsp3) is 0.286. The van der Waals surface area contributed by atoms with E-state index in [0.717, 1.165) is 5.57 Å². The highest BCUT2D eigenvalue weighted by atomic mass is 16.3. The molecule has 0 aromatic rings. The Hall–Kier alpha value is -1.54. The Morgan fingerprint density at radius 2 is 1.62 bits per heavy atom. The molecule has 0 atom stereocenters. The van der Waals surface area contributed by atoms with Gasteiger partial charge in [-0.1, -0.05) is 42.0 Å². The number of rotatable bonds is 5. The van der Waals surface area contributed by atoms with Crippen molar-refractivity contribution >= 4 is 0 Å². The highest BCUT2D eigenvalue weighted by molar-refractivity contribution is 5.27. The molecule has 16 heavy (non-hydrogen) atoms. The first-order valence-electron chi connectivity index (χ1n) is 5.25. The average molecular weight is 220 g/mol. The smallest absolute Gasteiger partial charge is 0.118 e. The second-order valence-electron chi connectivity index (χ2n) is 3.50. The third-order valence-electron chi connectivity index (χ3n) is 1.82. The van der Waals surface area contributed by atoms with Gasteiger partial charge in [-0.3, -0.25) is 0 Å². The Morgan fingerprint density at radius 3 is 2.12 bits per heavy atom. The Bertz CT molecular complexity index is 342. The Kier molecular flexibility index (Phi) is 7.90. The summed E-state index contributed by atoms with van der Waals surface area (Å²) in [6, 6.07) is 0. The molecule has 0 radical (unpaired) electrons. The third kappa shape index (κ3) is 7.83.